The van der Waals surface area contributed by atoms with Crippen molar-refractivity contribution in [1.29, 1.82) is 0 Å². The molecule has 0 unspecified atom stereocenters. The maximum atomic E-state index is 13.8. The molecule has 6 heteroatoms. The lowest BCUT2D eigenvalue weighted by Gasteiger charge is -2.35. The van der Waals surface area contributed by atoms with Gasteiger partial charge in [0.15, 0.2) is 0 Å². The molecule has 3 amide bonds. The first kappa shape index (κ1) is 15.9. The van der Waals surface area contributed by atoms with E-state index >= 15 is 0 Å². The van der Waals surface area contributed by atoms with Gasteiger partial charge in [-0.05, 0) is 18.9 Å². The molecular weight excluding hydrogens is 299 g/mol. The maximum Gasteiger partial charge on any atom is 0.327 e. The molecule has 1 spiro atoms. The van der Waals surface area contributed by atoms with E-state index < -0.39 is 23.5 Å². The number of carbonyl (C=O) groups excluding carboxylic acids is 2. The van der Waals surface area contributed by atoms with Gasteiger partial charge in [-0.3, -0.25) is 9.69 Å². The summed E-state index contributed by atoms with van der Waals surface area (Å²) in [6.07, 6.45) is 2.96. The second kappa shape index (κ2) is 5.92. The fourth-order valence-electron chi connectivity index (χ4n) is 3.71. The van der Waals surface area contributed by atoms with E-state index in [9.17, 15) is 19.1 Å². The molecular formula is C17H21FN2O3. The van der Waals surface area contributed by atoms with E-state index in [0.717, 1.165) is 24.2 Å². The fourth-order valence-corrected chi connectivity index (χ4v) is 3.71. The van der Waals surface area contributed by atoms with E-state index in [1.807, 2.05) is 0 Å². The molecule has 0 radical (unpaired) electrons. The number of aliphatic hydroxyl groups excluding tert-OH is 1. The smallest absolute Gasteiger partial charge is 0.327 e. The molecule has 1 N–H and O–H groups in total. The summed E-state index contributed by atoms with van der Waals surface area (Å²) in [5.74, 6) is -0.806. The van der Waals surface area contributed by atoms with Crippen LogP contribution in [0.5, 0.6) is 0 Å². The summed E-state index contributed by atoms with van der Waals surface area (Å²) in [5.41, 5.74) is -0.676. The number of hydrogen-bond acceptors (Lipinski definition) is 3. The Labute approximate surface area is 134 Å². The van der Waals surface area contributed by atoms with Crippen molar-refractivity contribution in [2.24, 2.45) is 0 Å². The van der Waals surface area contributed by atoms with Crippen LogP contribution in [0.25, 0.3) is 0 Å². The van der Waals surface area contributed by atoms with Gasteiger partial charge in [-0.2, -0.15) is 0 Å². The van der Waals surface area contributed by atoms with Crippen LogP contribution >= 0.6 is 0 Å². The third-order valence-corrected chi connectivity index (χ3v) is 5.10. The van der Waals surface area contributed by atoms with Crippen LogP contribution in [0.1, 0.15) is 43.8 Å². The van der Waals surface area contributed by atoms with Crippen LogP contribution in [0.2, 0.25) is 0 Å². The van der Waals surface area contributed by atoms with Crippen molar-refractivity contribution >= 4 is 11.9 Å². The van der Waals surface area contributed by atoms with E-state index in [4.69, 9.17) is 0 Å². The number of nitrogens with zero attached hydrogens (tertiary/aromatic N) is 2. The topological polar surface area (TPSA) is 60.9 Å². The second-order valence-electron chi connectivity index (χ2n) is 6.39. The SMILES string of the molecule is CN1C(=O)N(C[C@H](O)c2ccccc2F)C(=O)C12CCCCC2. The van der Waals surface area contributed by atoms with Crippen molar-refractivity contribution in [2.45, 2.75) is 43.7 Å². The lowest BCUT2D eigenvalue weighted by atomic mass is 9.80. The first-order chi connectivity index (χ1) is 11.0. The van der Waals surface area contributed by atoms with Crippen LogP contribution in [0.15, 0.2) is 24.3 Å². The van der Waals surface area contributed by atoms with E-state index in [0.29, 0.717) is 12.8 Å². The van der Waals surface area contributed by atoms with Gasteiger partial charge in [0.2, 0.25) is 0 Å². The minimum absolute atomic E-state index is 0.0975. The predicted molar refractivity (Wildman–Crippen MR) is 82.0 cm³/mol. The Morgan fingerprint density at radius 1 is 1.22 bits per heavy atom. The molecule has 2 fully saturated rings. The highest BCUT2D eigenvalue weighted by Gasteiger charge is 2.55. The Morgan fingerprint density at radius 2 is 1.87 bits per heavy atom. The monoisotopic (exact) mass is 320 g/mol. The lowest BCUT2D eigenvalue weighted by Crippen LogP contribution is -2.49. The summed E-state index contributed by atoms with van der Waals surface area (Å²) in [7, 11) is 1.64. The fraction of sp³-hybridized carbons (Fsp3) is 0.529. The minimum atomic E-state index is -1.23. The quantitative estimate of drug-likeness (QED) is 0.870. The summed E-state index contributed by atoms with van der Waals surface area (Å²) in [6, 6.07) is 5.45. The second-order valence-corrected chi connectivity index (χ2v) is 6.39. The number of likely N-dealkylation sites (N-methyl/N-ethyl adjacent to an activating group) is 1. The zero-order valence-electron chi connectivity index (χ0n) is 13.2. The van der Waals surface area contributed by atoms with Crippen LogP contribution < -0.4 is 0 Å². The largest absolute Gasteiger partial charge is 0.386 e. The van der Waals surface area contributed by atoms with Crippen molar-refractivity contribution in [3.8, 4) is 0 Å². The number of imide groups is 1. The Kier molecular flexibility index (Phi) is 4.10. The number of halogens is 1. The molecule has 23 heavy (non-hydrogen) atoms. The molecule has 1 aliphatic carbocycles. The van der Waals surface area contributed by atoms with Gasteiger partial charge in [-0.25, -0.2) is 9.18 Å². The third kappa shape index (κ3) is 2.51. The molecule has 0 aromatic heterocycles. The average molecular weight is 320 g/mol. The molecule has 1 aromatic carbocycles. The van der Waals surface area contributed by atoms with E-state index in [1.165, 1.54) is 23.1 Å². The number of carbonyl (C=O) groups is 2. The summed E-state index contributed by atoms with van der Waals surface area (Å²) in [4.78, 5) is 27.9. The molecule has 1 aromatic rings. The van der Waals surface area contributed by atoms with Crippen LogP contribution in [0.4, 0.5) is 9.18 Å². The normalized spacial score (nSPS) is 22.0. The number of aliphatic hydroxyl groups is 1. The van der Waals surface area contributed by atoms with E-state index in [-0.39, 0.29) is 18.0 Å². The van der Waals surface area contributed by atoms with Crippen molar-refractivity contribution in [3.05, 3.63) is 35.6 Å². The molecule has 1 aliphatic heterocycles. The number of benzene rings is 1. The Bertz CT molecular complexity index is 628. The minimum Gasteiger partial charge on any atom is -0.386 e. The van der Waals surface area contributed by atoms with Crippen LogP contribution in [0.3, 0.4) is 0 Å². The Morgan fingerprint density at radius 3 is 2.52 bits per heavy atom. The molecule has 1 atom stereocenters. The van der Waals surface area contributed by atoms with Crippen LogP contribution in [-0.4, -0.2) is 46.0 Å². The molecule has 1 saturated carbocycles. The highest BCUT2D eigenvalue weighted by Crippen LogP contribution is 2.40. The third-order valence-electron chi connectivity index (χ3n) is 5.10. The van der Waals surface area contributed by atoms with Gasteiger partial charge in [0.25, 0.3) is 5.91 Å². The van der Waals surface area contributed by atoms with Crippen molar-refractivity contribution in [3.63, 3.8) is 0 Å². The van der Waals surface area contributed by atoms with Gasteiger partial charge in [0.05, 0.1) is 12.6 Å². The molecule has 124 valence electrons. The number of urea groups is 1. The van der Waals surface area contributed by atoms with Gasteiger partial charge in [0.1, 0.15) is 11.4 Å². The Hall–Kier alpha value is -1.95. The molecule has 1 saturated heterocycles. The number of rotatable bonds is 3. The van der Waals surface area contributed by atoms with Crippen LogP contribution in [-0.2, 0) is 4.79 Å². The summed E-state index contributed by atoms with van der Waals surface area (Å²) < 4.78 is 13.8. The molecule has 5 nitrogen and oxygen atoms in total. The first-order valence-corrected chi connectivity index (χ1v) is 7.99. The molecule has 0 bridgehead atoms. The van der Waals surface area contributed by atoms with Gasteiger partial charge < -0.3 is 10.0 Å². The zero-order chi connectivity index (χ0) is 16.6. The van der Waals surface area contributed by atoms with Gasteiger partial charge >= 0.3 is 6.03 Å². The van der Waals surface area contributed by atoms with Crippen LogP contribution in [0, 0.1) is 5.82 Å². The highest BCUT2D eigenvalue weighted by atomic mass is 19.1. The standard InChI is InChI=1S/C17H21FN2O3/c1-19-16(23)20(15(22)17(19)9-5-2-6-10-17)11-14(21)12-7-3-4-8-13(12)18/h3-4,7-8,14,21H,2,5-6,9-11H2,1H3/t14-/m0/s1. The zero-order valence-corrected chi connectivity index (χ0v) is 13.2. The lowest BCUT2D eigenvalue weighted by molar-refractivity contribution is -0.135. The summed E-state index contributed by atoms with van der Waals surface area (Å²) in [5, 5.41) is 10.3. The van der Waals surface area contributed by atoms with Gasteiger partial charge in [-0.15, -0.1) is 0 Å². The molecule has 1 heterocycles. The van der Waals surface area contributed by atoms with Gasteiger partial charge in [-0.1, -0.05) is 37.5 Å². The van der Waals surface area contributed by atoms with Crippen molar-refractivity contribution < 1.29 is 19.1 Å². The maximum absolute atomic E-state index is 13.8. The van der Waals surface area contributed by atoms with Crippen molar-refractivity contribution in [2.75, 3.05) is 13.6 Å². The van der Waals surface area contributed by atoms with Gasteiger partial charge in [0, 0.05) is 12.6 Å². The summed E-state index contributed by atoms with van der Waals surface area (Å²) >= 11 is 0. The average Bonchev–Trinajstić information content (AvgIpc) is 2.72. The van der Waals surface area contributed by atoms with Crippen molar-refractivity contribution in [1.82, 2.24) is 9.80 Å². The number of β-amino-alcohol motifs (C(OH)–C–C–N with tert-alkyl or cyclic N) is 1. The van der Waals surface area contributed by atoms with E-state index in [1.54, 1.807) is 13.1 Å². The summed E-state index contributed by atoms with van der Waals surface area (Å²) in [6.45, 7) is -0.218. The predicted octanol–water partition coefficient (Wildman–Crippen LogP) is 2.46. The first-order valence-electron chi connectivity index (χ1n) is 7.99. The molecule has 2 aliphatic rings. The highest BCUT2D eigenvalue weighted by molar-refractivity contribution is 6.07. The molecule has 3 rings (SSSR count). The number of hydrogen-bond donors (Lipinski definition) is 1. The van der Waals surface area contributed by atoms with E-state index in [2.05, 4.69) is 0 Å². The number of amides is 3. The Balaban J connectivity index is 1.82.